The van der Waals surface area contributed by atoms with Crippen LogP contribution < -0.4 is 14.2 Å². The molecular weight excluding hydrogens is 276 g/mol. The van der Waals surface area contributed by atoms with Gasteiger partial charge in [0.1, 0.15) is 0 Å². The molecule has 0 unspecified atom stereocenters. The van der Waals surface area contributed by atoms with Crippen molar-refractivity contribution in [1.82, 2.24) is 0 Å². The minimum atomic E-state index is -0.199. The minimum absolute atomic E-state index is 0.0420. The summed E-state index contributed by atoms with van der Waals surface area (Å²) < 4.78 is 26.9. The first-order valence-electron chi connectivity index (χ1n) is 6.77. The highest BCUT2D eigenvalue weighted by Crippen LogP contribution is 2.47. The van der Waals surface area contributed by atoms with Gasteiger partial charge in [-0.25, -0.2) is 0 Å². The van der Waals surface area contributed by atoms with Gasteiger partial charge in [0.15, 0.2) is 11.5 Å². The third-order valence-electron chi connectivity index (χ3n) is 4.10. The van der Waals surface area contributed by atoms with Crippen LogP contribution in [0.25, 0.3) is 0 Å². The van der Waals surface area contributed by atoms with Crippen molar-refractivity contribution in [3.05, 3.63) is 17.7 Å². The first-order chi connectivity index (χ1) is 10.2. The molecule has 0 aromatic heterocycles. The first-order valence-corrected chi connectivity index (χ1v) is 6.77. The van der Waals surface area contributed by atoms with Crippen molar-refractivity contribution in [1.29, 1.82) is 0 Å². The number of ether oxygens (including phenoxy) is 5. The number of cyclic esters (lactones) is 1. The van der Waals surface area contributed by atoms with E-state index in [0.717, 1.165) is 5.56 Å². The van der Waals surface area contributed by atoms with E-state index in [1.807, 2.05) is 12.1 Å². The Bertz CT molecular complexity index is 530. The summed E-state index contributed by atoms with van der Waals surface area (Å²) in [5.41, 5.74) is 0.898. The summed E-state index contributed by atoms with van der Waals surface area (Å²) >= 11 is 0. The van der Waals surface area contributed by atoms with Crippen LogP contribution in [-0.2, 0) is 14.3 Å². The Morgan fingerprint density at radius 2 is 1.71 bits per heavy atom. The molecule has 6 heteroatoms. The highest BCUT2D eigenvalue weighted by atomic mass is 16.6. The Hall–Kier alpha value is -1.95. The quantitative estimate of drug-likeness (QED) is 0.786. The standard InChI is InChI=1S/C15H18O6/c1-17-11-4-8(5-12(18-2)14(11)19-3)13-9-6-21-15(16)10(9)7-20-13/h4-5,9-10,13H,6-7H2,1-3H3/t9-,10-,13-/m0/s1. The zero-order chi connectivity index (χ0) is 15.0. The second-order valence-electron chi connectivity index (χ2n) is 5.11. The molecule has 2 fully saturated rings. The molecule has 0 radical (unpaired) electrons. The smallest absolute Gasteiger partial charge is 0.311 e. The van der Waals surface area contributed by atoms with E-state index < -0.39 is 0 Å². The lowest BCUT2D eigenvalue weighted by atomic mass is 9.90. The Balaban J connectivity index is 1.97. The van der Waals surface area contributed by atoms with Crippen LogP contribution in [0, 0.1) is 11.8 Å². The molecule has 1 aromatic carbocycles. The second kappa shape index (κ2) is 5.44. The lowest BCUT2D eigenvalue weighted by molar-refractivity contribution is -0.142. The average Bonchev–Trinajstić information content (AvgIpc) is 3.09. The van der Waals surface area contributed by atoms with Crippen LogP contribution in [0.15, 0.2) is 12.1 Å². The Kier molecular flexibility index (Phi) is 3.63. The van der Waals surface area contributed by atoms with Crippen molar-refractivity contribution in [3.8, 4) is 17.2 Å². The molecule has 2 aliphatic heterocycles. The van der Waals surface area contributed by atoms with E-state index in [9.17, 15) is 4.79 Å². The number of carbonyl (C=O) groups excluding carboxylic acids is 1. The molecule has 6 nitrogen and oxygen atoms in total. The van der Waals surface area contributed by atoms with E-state index in [0.29, 0.717) is 30.5 Å². The van der Waals surface area contributed by atoms with Crippen LogP contribution in [0.5, 0.6) is 17.2 Å². The zero-order valence-corrected chi connectivity index (χ0v) is 12.3. The summed E-state index contributed by atoms with van der Waals surface area (Å²) in [6, 6.07) is 3.72. The lowest BCUT2D eigenvalue weighted by Crippen LogP contribution is -2.15. The van der Waals surface area contributed by atoms with Gasteiger partial charge in [-0.15, -0.1) is 0 Å². The van der Waals surface area contributed by atoms with Gasteiger partial charge in [-0.3, -0.25) is 4.79 Å². The van der Waals surface area contributed by atoms with Gasteiger partial charge in [0.25, 0.3) is 0 Å². The van der Waals surface area contributed by atoms with Crippen LogP contribution in [0.2, 0.25) is 0 Å². The summed E-state index contributed by atoms with van der Waals surface area (Å²) in [5.74, 6) is 1.38. The van der Waals surface area contributed by atoms with Crippen molar-refractivity contribution < 1.29 is 28.5 Å². The summed E-state index contributed by atoms with van der Waals surface area (Å²) in [5, 5.41) is 0. The molecule has 0 bridgehead atoms. The van der Waals surface area contributed by atoms with Crippen LogP contribution in [0.4, 0.5) is 0 Å². The van der Waals surface area contributed by atoms with E-state index in [1.165, 1.54) is 0 Å². The fourth-order valence-corrected chi connectivity index (χ4v) is 3.01. The van der Waals surface area contributed by atoms with E-state index in [4.69, 9.17) is 23.7 Å². The molecule has 21 heavy (non-hydrogen) atoms. The molecule has 0 saturated carbocycles. The predicted molar refractivity (Wildman–Crippen MR) is 72.7 cm³/mol. The molecule has 2 aliphatic rings. The molecule has 1 aromatic rings. The van der Waals surface area contributed by atoms with Crippen molar-refractivity contribution in [2.75, 3.05) is 34.5 Å². The molecule has 0 spiro atoms. The molecule has 0 amide bonds. The van der Waals surface area contributed by atoms with Gasteiger partial charge in [-0.05, 0) is 17.7 Å². The summed E-state index contributed by atoms with van der Waals surface area (Å²) in [6.07, 6.45) is -0.199. The monoisotopic (exact) mass is 294 g/mol. The highest BCUT2D eigenvalue weighted by Gasteiger charge is 2.48. The van der Waals surface area contributed by atoms with E-state index in [1.54, 1.807) is 21.3 Å². The predicted octanol–water partition coefficient (Wildman–Crippen LogP) is 1.57. The van der Waals surface area contributed by atoms with Crippen LogP contribution >= 0.6 is 0 Å². The van der Waals surface area contributed by atoms with E-state index >= 15 is 0 Å². The van der Waals surface area contributed by atoms with Crippen molar-refractivity contribution >= 4 is 5.97 Å². The summed E-state index contributed by atoms with van der Waals surface area (Å²) in [6.45, 7) is 0.787. The molecular formula is C15H18O6. The molecule has 0 N–H and O–H groups in total. The zero-order valence-electron chi connectivity index (χ0n) is 12.3. The van der Waals surface area contributed by atoms with Gasteiger partial charge in [0.2, 0.25) is 5.75 Å². The number of carbonyl (C=O) groups is 1. The number of rotatable bonds is 4. The Morgan fingerprint density at radius 3 is 2.29 bits per heavy atom. The maximum absolute atomic E-state index is 11.6. The van der Waals surface area contributed by atoms with E-state index in [2.05, 4.69) is 0 Å². The number of hydrogen-bond donors (Lipinski definition) is 0. The molecule has 3 atom stereocenters. The van der Waals surface area contributed by atoms with Crippen LogP contribution in [-0.4, -0.2) is 40.5 Å². The van der Waals surface area contributed by atoms with Gasteiger partial charge in [-0.2, -0.15) is 0 Å². The highest BCUT2D eigenvalue weighted by molar-refractivity contribution is 5.75. The van der Waals surface area contributed by atoms with Crippen molar-refractivity contribution in [2.45, 2.75) is 6.10 Å². The largest absolute Gasteiger partial charge is 0.493 e. The Labute approximate surface area is 122 Å². The van der Waals surface area contributed by atoms with Gasteiger partial charge < -0.3 is 23.7 Å². The fourth-order valence-electron chi connectivity index (χ4n) is 3.01. The number of esters is 1. The topological polar surface area (TPSA) is 63.2 Å². The van der Waals surface area contributed by atoms with E-state index in [-0.39, 0.29) is 23.9 Å². The van der Waals surface area contributed by atoms with Crippen LogP contribution in [0.1, 0.15) is 11.7 Å². The SMILES string of the molecule is COc1cc([C@@H]2OC[C@@H]3C(=O)OC[C@@H]32)cc(OC)c1OC. The number of benzene rings is 1. The minimum Gasteiger partial charge on any atom is -0.493 e. The summed E-state index contributed by atoms with van der Waals surface area (Å²) in [7, 11) is 4.70. The number of hydrogen-bond acceptors (Lipinski definition) is 6. The average molecular weight is 294 g/mol. The number of fused-ring (bicyclic) bond motifs is 1. The second-order valence-corrected chi connectivity index (χ2v) is 5.11. The van der Waals surface area contributed by atoms with Crippen molar-refractivity contribution in [2.24, 2.45) is 11.8 Å². The fraction of sp³-hybridized carbons (Fsp3) is 0.533. The molecule has 2 saturated heterocycles. The summed E-state index contributed by atoms with van der Waals surface area (Å²) in [4.78, 5) is 11.6. The normalized spacial score (nSPS) is 27.2. The van der Waals surface area contributed by atoms with Gasteiger partial charge in [0.05, 0.1) is 46.6 Å². The lowest BCUT2D eigenvalue weighted by Gasteiger charge is -2.19. The Morgan fingerprint density at radius 1 is 1.05 bits per heavy atom. The molecule has 0 aliphatic carbocycles. The molecule has 2 heterocycles. The van der Waals surface area contributed by atoms with Gasteiger partial charge in [-0.1, -0.05) is 0 Å². The molecule has 114 valence electrons. The van der Waals surface area contributed by atoms with Crippen molar-refractivity contribution in [3.63, 3.8) is 0 Å². The maximum atomic E-state index is 11.6. The van der Waals surface area contributed by atoms with Gasteiger partial charge in [0, 0.05) is 5.92 Å². The maximum Gasteiger partial charge on any atom is 0.311 e. The third kappa shape index (κ3) is 2.19. The number of methoxy groups -OCH3 is 3. The third-order valence-corrected chi connectivity index (χ3v) is 4.10. The molecule has 3 rings (SSSR count). The first kappa shape index (κ1) is 14.0. The van der Waals surface area contributed by atoms with Gasteiger partial charge >= 0.3 is 5.97 Å². The van der Waals surface area contributed by atoms with Crippen LogP contribution in [0.3, 0.4) is 0 Å².